The lowest BCUT2D eigenvalue weighted by Gasteiger charge is -2.35. The van der Waals surface area contributed by atoms with Crippen LogP contribution in [0.2, 0.25) is 5.02 Å². The Bertz CT molecular complexity index is 831. The monoisotopic (exact) mass is 380 g/mol. The molecule has 4 heteroatoms. The minimum absolute atomic E-state index is 0.0674. The second-order valence-corrected chi connectivity index (χ2v) is 7.96. The number of nitrogens with zero attached hydrogens (tertiary/aromatic N) is 2. The Kier molecular flexibility index (Phi) is 5.33. The molecular formula is C23H25ClN2O. The summed E-state index contributed by atoms with van der Waals surface area (Å²) in [4.78, 5) is 17.8. The number of hydrogen-bond acceptors (Lipinski definition) is 2. The first kappa shape index (κ1) is 18.3. The van der Waals surface area contributed by atoms with E-state index in [0.29, 0.717) is 29.2 Å². The number of carbonyl (C=O) groups is 1. The van der Waals surface area contributed by atoms with Crippen molar-refractivity contribution in [3.63, 3.8) is 0 Å². The molecule has 0 radical (unpaired) electrons. The highest BCUT2D eigenvalue weighted by atomic mass is 35.5. The molecule has 4 rings (SSSR count). The van der Waals surface area contributed by atoms with Crippen molar-refractivity contribution >= 4 is 17.5 Å². The molecule has 2 heterocycles. The van der Waals surface area contributed by atoms with Gasteiger partial charge >= 0.3 is 0 Å². The van der Waals surface area contributed by atoms with Crippen LogP contribution in [-0.4, -0.2) is 41.4 Å². The lowest BCUT2D eigenvalue weighted by atomic mass is 10.0. The van der Waals surface area contributed by atoms with E-state index in [9.17, 15) is 4.79 Å². The third-order valence-electron chi connectivity index (χ3n) is 5.87. The molecule has 3 nitrogen and oxygen atoms in total. The maximum Gasteiger partial charge on any atom is 0.258 e. The molecule has 2 aliphatic heterocycles. The van der Waals surface area contributed by atoms with Crippen molar-refractivity contribution in [3.8, 4) is 0 Å². The summed E-state index contributed by atoms with van der Waals surface area (Å²) in [7, 11) is 2.20. The third-order valence-corrected chi connectivity index (χ3v) is 6.13. The lowest BCUT2D eigenvalue weighted by Crippen LogP contribution is -2.41. The zero-order valence-electron chi connectivity index (χ0n) is 15.6. The molecule has 0 aliphatic carbocycles. The van der Waals surface area contributed by atoms with Crippen molar-refractivity contribution in [1.82, 2.24) is 9.80 Å². The van der Waals surface area contributed by atoms with Gasteiger partial charge in [0.2, 0.25) is 0 Å². The number of hydrogen-bond donors (Lipinski definition) is 0. The van der Waals surface area contributed by atoms with E-state index in [4.69, 9.17) is 11.6 Å². The van der Waals surface area contributed by atoms with Crippen LogP contribution < -0.4 is 0 Å². The molecule has 0 saturated carbocycles. The molecule has 0 aromatic heterocycles. The average Bonchev–Trinajstić information content (AvgIpc) is 2.90. The average molecular weight is 381 g/mol. The maximum absolute atomic E-state index is 13.3. The van der Waals surface area contributed by atoms with Gasteiger partial charge in [-0.3, -0.25) is 9.69 Å². The van der Waals surface area contributed by atoms with Crippen LogP contribution in [0.1, 0.15) is 35.2 Å². The molecule has 2 bridgehead atoms. The molecule has 1 fully saturated rings. The fraction of sp³-hybridized carbons (Fsp3) is 0.348. The summed E-state index contributed by atoms with van der Waals surface area (Å²) >= 11 is 6.01. The molecule has 1 amide bonds. The maximum atomic E-state index is 13.3. The topological polar surface area (TPSA) is 23.6 Å². The van der Waals surface area contributed by atoms with Gasteiger partial charge in [-0.1, -0.05) is 41.9 Å². The van der Waals surface area contributed by atoms with Crippen molar-refractivity contribution < 1.29 is 4.79 Å². The normalized spacial score (nSPS) is 21.8. The van der Waals surface area contributed by atoms with Crippen LogP contribution in [0.3, 0.4) is 0 Å². The number of halogens is 1. The fourth-order valence-corrected chi connectivity index (χ4v) is 4.36. The van der Waals surface area contributed by atoms with Crippen LogP contribution in [0, 0.1) is 0 Å². The predicted octanol–water partition coefficient (Wildman–Crippen LogP) is 4.78. The van der Waals surface area contributed by atoms with Crippen molar-refractivity contribution in [2.24, 2.45) is 0 Å². The van der Waals surface area contributed by atoms with E-state index in [1.54, 1.807) is 12.1 Å². The first-order valence-corrected chi connectivity index (χ1v) is 10.0. The first-order chi connectivity index (χ1) is 13.1. The molecule has 140 valence electrons. The van der Waals surface area contributed by atoms with E-state index in [2.05, 4.69) is 42.3 Å². The van der Waals surface area contributed by atoms with Gasteiger partial charge in [-0.05, 0) is 62.2 Å². The van der Waals surface area contributed by atoms with Crippen molar-refractivity contribution in [2.75, 3.05) is 13.6 Å². The Morgan fingerprint density at radius 3 is 2.56 bits per heavy atom. The molecule has 2 aromatic carbocycles. The smallest absolute Gasteiger partial charge is 0.258 e. The SMILES string of the molecule is CN1[C@H]2CC[C@H]1C=C(N(CCc1ccccc1)C(=O)c1ccc(Cl)cc1)C2. The zero-order chi connectivity index (χ0) is 18.8. The van der Waals surface area contributed by atoms with Gasteiger partial charge in [0.25, 0.3) is 5.91 Å². The summed E-state index contributed by atoms with van der Waals surface area (Å²) < 4.78 is 0. The summed E-state index contributed by atoms with van der Waals surface area (Å²) in [5.41, 5.74) is 3.12. The van der Waals surface area contributed by atoms with Gasteiger partial charge in [0, 0.05) is 41.3 Å². The standard InChI is InChI=1S/C23H25ClN2O/c1-25-20-11-12-21(25)16-22(15-20)26(14-13-17-5-3-2-4-6-17)23(27)18-7-9-19(24)10-8-18/h2-10,15,20-21H,11-14,16H2,1H3/t20-,21-/m0/s1. The largest absolute Gasteiger partial charge is 0.312 e. The van der Waals surface area contributed by atoms with Gasteiger partial charge in [-0.25, -0.2) is 0 Å². The Morgan fingerprint density at radius 2 is 1.85 bits per heavy atom. The number of benzene rings is 2. The van der Waals surface area contributed by atoms with Gasteiger partial charge in [0.05, 0.1) is 0 Å². The van der Waals surface area contributed by atoms with Crippen LogP contribution in [0.25, 0.3) is 0 Å². The second kappa shape index (κ2) is 7.87. The van der Waals surface area contributed by atoms with Gasteiger partial charge in [0.15, 0.2) is 0 Å². The summed E-state index contributed by atoms with van der Waals surface area (Å²) in [5.74, 6) is 0.0674. The lowest BCUT2D eigenvalue weighted by molar-refractivity contribution is 0.0787. The van der Waals surface area contributed by atoms with Crippen molar-refractivity contribution in [3.05, 3.63) is 82.5 Å². The third kappa shape index (κ3) is 3.95. The summed E-state index contributed by atoms with van der Waals surface area (Å²) in [6.07, 6.45) is 6.50. The number of carbonyl (C=O) groups excluding carboxylic acids is 1. The van der Waals surface area contributed by atoms with E-state index in [-0.39, 0.29) is 5.91 Å². The van der Waals surface area contributed by atoms with Crippen LogP contribution in [0.4, 0.5) is 0 Å². The molecule has 2 aromatic rings. The fourth-order valence-electron chi connectivity index (χ4n) is 4.23. The molecule has 2 aliphatic rings. The molecule has 0 spiro atoms. The number of amides is 1. The zero-order valence-corrected chi connectivity index (χ0v) is 16.4. The van der Waals surface area contributed by atoms with E-state index >= 15 is 0 Å². The Morgan fingerprint density at radius 1 is 1.11 bits per heavy atom. The quantitative estimate of drug-likeness (QED) is 0.745. The number of rotatable bonds is 5. The first-order valence-electron chi connectivity index (χ1n) is 9.66. The Balaban J connectivity index is 1.59. The Labute approximate surface area is 166 Å². The van der Waals surface area contributed by atoms with Gasteiger partial charge < -0.3 is 4.90 Å². The van der Waals surface area contributed by atoms with Crippen LogP contribution in [-0.2, 0) is 6.42 Å². The predicted molar refractivity (Wildman–Crippen MR) is 110 cm³/mol. The van der Waals surface area contributed by atoms with Gasteiger partial charge in [-0.15, -0.1) is 0 Å². The van der Waals surface area contributed by atoms with Gasteiger partial charge in [0.1, 0.15) is 0 Å². The highest BCUT2D eigenvalue weighted by Gasteiger charge is 2.36. The molecule has 27 heavy (non-hydrogen) atoms. The molecule has 2 atom stereocenters. The van der Waals surface area contributed by atoms with Crippen molar-refractivity contribution in [1.29, 1.82) is 0 Å². The Hall–Kier alpha value is -2.10. The van der Waals surface area contributed by atoms with E-state index < -0.39 is 0 Å². The van der Waals surface area contributed by atoms with Gasteiger partial charge in [-0.2, -0.15) is 0 Å². The van der Waals surface area contributed by atoms with Crippen LogP contribution in [0.15, 0.2) is 66.4 Å². The molecule has 1 saturated heterocycles. The minimum Gasteiger partial charge on any atom is -0.312 e. The van der Waals surface area contributed by atoms with E-state index in [1.165, 1.54) is 24.1 Å². The number of likely N-dealkylation sites (N-methyl/N-ethyl adjacent to an activating group) is 1. The second-order valence-electron chi connectivity index (χ2n) is 7.53. The molecule has 0 unspecified atom stereocenters. The molecular weight excluding hydrogens is 356 g/mol. The summed E-state index contributed by atoms with van der Waals surface area (Å²) in [5, 5.41) is 0.652. The minimum atomic E-state index is 0.0674. The van der Waals surface area contributed by atoms with Crippen molar-refractivity contribution in [2.45, 2.75) is 37.8 Å². The summed E-state index contributed by atoms with van der Waals surface area (Å²) in [6.45, 7) is 0.695. The number of fused-ring (bicyclic) bond motifs is 2. The van der Waals surface area contributed by atoms with E-state index in [0.717, 1.165) is 12.8 Å². The summed E-state index contributed by atoms with van der Waals surface area (Å²) in [6, 6.07) is 18.6. The highest BCUT2D eigenvalue weighted by Crippen LogP contribution is 2.35. The molecule has 0 N–H and O–H groups in total. The highest BCUT2D eigenvalue weighted by molar-refractivity contribution is 6.30. The van der Waals surface area contributed by atoms with E-state index in [1.807, 2.05) is 23.1 Å². The van der Waals surface area contributed by atoms with Crippen LogP contribution in [0.5, 0.6) is 0 Å². The van der Waals surface area contributed by atoms with Crippen LogP contribution >= 0.6 is 11.6 Å².